The molecule has 0 saturated heterocycles. The lowest BCUT2D eigenvalue weighted by atomic mass is 10.1. The summed E-state index contributed by atoms with van der Waals surface area (Å²) in [5.41, 5.74) is 0.941. The molecule has 0 amide bonds. The van der Waals surface area contributed by atoms with Crippen molar-refractivity contribution in [1.29, 1.82) is 0 Å². The third-order valence-corrected chi connectivity index (χ3v) is 3.09. The highest BCUT2D eigenvalue weighted by atomic mass is 79.9. The van der Waals surface area contributed by atoms with Crippen molar-refractivity contribution in [2.75, 3.05) is 13.2 Å². The van der Waals surface area contributed by atoms with Gasteiger partial charge in [-0.2, -0.15) is 0 Å². The van der Waals surface area contributed by atoms with Crippen LogP contribution in [0.5, 0.6) is 11.5 Å². The normalized spacial score (nSPS) is 14.4. The van der Waals surface area contributed by atoms with E-state index in [2.05, 4.69) is 15.9 Å². The van der Waals surface area contributed by atoms with Gasteiger partial charge in [-0.25, -0.2) is 0 Å². The fraction of sp³-hybridized carbons (Fsp3) is 0.417. The summed E-state index contributed by atoms with van der Waals surface area (Å²) in [6.07, 6.45) is 1.30. The van der Waals surface area contributed by atoms with Gasteiger partial charge in [0.15, 0.2) is 11.5 Å². The average molecular weight is 285 g/mol. The maximum Gasteiger partial charge on any atom is 0.162 e. The highest BCUT2D eigenvalue weighted by molar-refractivity contribution is 9.10. The lowest BCUT2D eigenvalue weighted by Gasteiger charge is -2.10. The Morgan fingerprint density at radius 2 is 1.94 bits per heavy atom. The Labute approximate surface area is 103 Å². The molecule has 0 bridgehead atoms. The predicted octanol–water partition coefficient (Wildman–Crippen LogP) is 2.74. The van der Waals surface area contributed by atoms with Crippen molar-refractivity contribution in [2.45, 2.75) is 19.8 Å². The minimum Gasteiger partial charge on any atom is -0.490 e. The first kappa shape index (κ1) is 11.5. The van der Waals surface area contributed by atoms with Crippen LogP contribution in [-0.4, -0.2) is 19.0 Å². The zero-order chi connectivity index (χ0) is 11.5. The molecule has 0 atom stereocenters. The minimum absolute atomic E-state index is 0.134. The SMILES string of the molecule is CC(=O)Cc1cc2c(cc1Br)OCCCO2. The molecule has 1 aromatic carbocycles. The van der Waals surface area contributed by atoms with E-state index in [1.807, 2.05) is 12.1 Å². The van der Waals surface area contributed by atoms with Crippen LogP contribution in [0, 0.1) is 0 Å². The maximum absolute atomic E-state index is 11.1. The van der Waals surface area contributed by atoms with Gasteiger partial charge in [0, 0.05) is 17.3 Å². The van der Waals surface area contributed by atoms with Crippen LogP contribution in [0.2, 0.25) is 0 Å². The third-order valence-electron chi connectivity index (χ3n) is 2.36. The summed E-state index contributed by atoms with van der Waals surface area (Å²) in [4.78, 5) is 11.1. The van der Waals surface area contributed by atoms with E-state index in [1.54, 1.807) is 6.92 Å². The van der Waals surface area contributed by atoms with Gasteiger partial charge in [0.05, 0.1) is 13.2 Å². The minimum atomic E-state index is 0.134. The van der Waals surface area contributed by atoms with Crippen LogP contribution in [0.4, 0.5) is 0 Å². The standard InChI is InChI=1S/C12H13BrO3/c1-8(14)5-9-6-11-12(7-10(9)13)16-4-2-3-15-11/h6-7H,2-5H2,1H3. The summed E-state index contributed by atoms with van der Waals surface area (Å²) in [7, 11) is 0. The number of Topliss-reactive ketones (excluding diaryl/α,β-unsaturated/α-hetero) is 1. The van der Waals surface area contributed by atoms with E-state index in [0.717, 1.165) is 28.0 Å². The van der Waals surface area contributed by atoms with Crippen LogP contribution in [0.1, 0.15) is 18.9 Å². The summed E-state index contributed by atoms with van der Waals surface area (Å²) < 4.78 is 12.0. The Morgan fingerprint density at radius 3 is 2.56 bits per heavy atom. The van der Waals surface area contributed by atoms with Gasteiger partial charge in [0.25, 0.3) is 0 Å². The molecule has 86 valence electrons. The van der Waals surface area contributed by atoms with E-state index in [-0.39, 0.29) is 5.78 Å². The Balaban J connectivity index is 2.34. The molecule has 1 heterocycles. The quantitative estimate of drug-likeness (QED) is 0.838. The monoisotopic (exact) mass is 284 g/mol. The Morgan fingerprint density at radius 1 is 1.31 bits per heavy atom. The van der Waals surface area contributed by atoms with Crippen molar-refractivity contribution < 1.29 is 14.3 Å². The molecule has 1 aliphatic rings. The number of rotatable bonds is 2. The van der Waals surface area contributed by atoms with Gasteiger partial charge in [-0.05, 0) is 24.6 Å². The molecule has 0 N–H and O–H groups in total. The summed E-state index contributed by atoms with van der Waals surface area (Å²) >= 11 is 3.44. The lowest BCUT2D eigenvalue weighted by molar-refractivity contribution is -0.116. The predicted molar refractivity (Wildman–Crippen MR) is 64.1 cm³/mol. The second kappa shape index (κ2) is 4.87. The first-order valence-corrected chi connectivity index (χ1v) is 6.03. The van der Waals surface area contributed by atoms with Gasteiger partial charge in [-0.3, -0.25) is 4.79 Å². The van der Waals surface area contributed by atoms with E-state index in [0.29, 0.717) is 19.6 Å². The number of halogens is 1. The zero-order valence-electron chi connectivity index (χ0n) is 9.09. The number of carbonyl (C=O) groups is 1. The molecular weight excluding hydrogens is 272 g/mol. The van der Waals surface area contributed by atoms with Crippen molar-refractivity contribution >= 4 is 21.7 Å². The molecule has 0 aromatic heterocycles. The van der Waals surface area contributed by atoms with E-state index in [9.17, 15) is 4.79 Å². The smallest absolute Gasteiger partial charge is 0.162 e. The van der Waals surface area contributed by atoms with Gasteiger partial charge >= 0.3 is 0 Å². The Hall–Kier alpha value is -1.03. The molecule has 1 aliphatic heterocycles. The van der Waals surface area contributed by atoms with Gasteiger partial charge in [0.1, 0.15) is 5.78 Å². The van der Waals surface area contributed by atoms with Crippen LogP contribution in [-0.2, 0) is 11.2 Å². The molecule has 0 aliphatic carbocycles. The topological polar surface area (TPSA) is 35.5 Å². The molecule has 1 aromatic rings. The summed E-state index contributed by atoms with van der Waals surface area (Å²) in [5, 5.41) is 0. The zero-order valence-corrected chi connectivity index (χ0v) is 10.7. The second-order valence-electron chi connectivity index (χ2n) is 3.82. The summed E-state index contributed by atoms with van der Waals surface area (Å²) in [6.45, 7) is 2.91. The number of carbonyl (C=O) groups excluding carboxylic acids is 1. The number of hydrogen-bond donors (Lipinski definition) is 0. The third kappa shape index (κ3) is 2.55. The molecule has 0 spiro atoms. The summed E-state index contributed by atoms with van der Waals surface area (Å²) in [6, 6.07) is 3.76. The molecule has 2 rings (SSSR count). The van der Waals surface area contributed by atoms with E-state index in [4.69, 9.17) is 9.47 Å². The first-order valence-electron chi connectivity index (χ1n) is 5.24. The van der Waals surface area contributed by atoms with Crippen LogP contribution in [0.3, 0.4) is 0 Å². The highest BCUT2D eigenvalue weighted by Crippen LogP contribution is 2.35. The second-order valence-corrected chi connectivity index (χ2v) is 4.67. The van der Waals surface area contributed by atoms with E-state index >= 15 is 0 Å². The van der Waals surface area contributed by atoms with Crippen LogP contribution in [0.25, 0.3) is 0 Å². The average Bonchev–Trinajstić information content (AvgIpc) is 2.42. The molecule has 0 radical (unpaired) electrons. The number of ketones is 1. The van der Waals surface area contributed by atoms with Gasteiger partial charge in [-0.1, -0.05) is 15.9 Å². The number of fused-ring (bicyclic) bond motifs is 1. The Bertz CT molecular complexity index is 415. The van der Waals surface area contributed by atoms with Crippen LogP contribution < -0.4 is 9.47 Å². The fourth-order valence-corrected chi connectivity index (χ4v) is 2.09. The van der Waals surface area contributed by atoms with Crippen molar-refractivity contribution in [3.63, 3.8) is 0 Å². The Kier molecular flexibility index (Phi) is 3.49. The molecule has 0 fully saturated rings. The van der Waals surface area contributed by atoms with Crippen molar-refractivity contribution in [3.05, 3.63) is 22.2 Å². The lowest BCUT2D eigenvalue weighted by Crippen LogP contribution is -1.99. The van der Waals surface area contributed by atoms with Gasteiger partial charge < -0.3 is 9.47 Å². The van der Waals surface area contributed by atoms with Crippen LogP contribution >= 0.6 is 15.9 Å². The highest BCUT2D eigenvalue weighted by Gasteiger charge is 2.14. The molecule has 3 nitrogen and oxygen atoms in total. The van der Waals surface area contributed by atoms with Gasteiger partial charge in [-0.15, -0.1) is 0 Å². The van der Waals surface area contributed by atoms with Crippen LogP contribution in [0.15, 0.2) is 16.6 Å². The maximum atomic E-state index is 11.1. The summed E-state index contributed by atoms with van der Waals surface area (Å²) in [5.74, 6) is 1.61. The van der Waals surface area contributed by atoms with E-state index < -0.39 is 0 Å². The molecule has 16 heavy (non-hydrogen) atoms. The molecular formula is C12H13BrO3. The van der Waals surface area contributed by atoms with Crippen molar-refractivity contribution in [3.8, 4) is 11.5 Å². The number of benzene rings is 1. The van der Waals surface area contributed by atoms with Crippen molar-refractivity contribution in [2.24, 2.45) is 0 Å². The first-order chi connectivity index (χ1) is 7.66. The molecule has 4 heteroatoms. The largest absolute Gasteiger partial charge is 0.490 e. The van der Waals surface area contributed by atoms with E-state index in [1.165, 1.54) is 0 Å². The molecule has 0 unspecified atom stereocenters. The number of hydrogen-bond acceptors (Lipinski definition) is 3. The van der Waals surface area contributed by atoms with Crippen molar-refractivity contribution in [1.82, 2.24) is 0 Å². The van der Waals surface area contributed by atoms with Gasteiger partial charge in [0.2, 0.25) is 0 Å². The number of ether oxygens (including phenoxy) is 2. The fourth-order valence-electron chi connectivity index (χ4n) is 1.63. The molecule has 0 saturated carbocycles.